The van der Waals surface area contributed by atoms with Gasteiger partial charge in [0, 0.05) is 43.9 Å². The zero-order chi connectivity index (χ0) is 20.9. The summed E-state index contributed by atoms with van der Waals surface area (Å²) in [7, 11) is 0. The molecular formula is C24H28N4O2. The molecule has 1 N–H and O–H groups in total. The van der Waals surface area contributed by atoms with Gasteiger partial charge in [-0.25, -0.2) is 4.79 Å². The Morgan fingerprint density at radius 3 is 2.53 bits per heavy atom. The van der Waals surface area contributed by atoms with Gasteiger partial charge in [-0.05, 0) is 31.9 Å². The van der Waals surface area contributed by atoms with E-state index in [0.29, 0.717) is 6.54 Å². The number of benzene rings is 2. The first kappa shape index (κ1) is 20.2. The monoisotopic (exact) mass is 404 g/mol. The Labute approximate surface area is 177 Å². The largest absolute Gasteiger partial charge is 0.361 e. The minimum atomic E-state index is -0.0439. The molecular weight excluding hydrogens is 376 g/mol. The summed E-state index contributed by atoms with van der Waals surface area (Å²) < 4.78 is 5.29. The standard InChI is InChI=1S/C24H28N4O2/c1-18-22(19(2)30-26-18)17-27-13-8-14-28(16-15-27)24(29)25-23-12-7-6-11-21(23)20-9-4-3-5-10-20/h3-7,9-12H,8,13-17H2,1-2H3,(H,25,29). The van der Waals surface area contributed by atoms with Gasteiger partial charge in [0.2, 0.25) is 0 Å². The molecule has 1 saturated heterocycles. The van der Waals surface area contributed by atoms with Crippen LogP contribution in [0, 0.1) is 13.8 Å². The Balaban J connectivity index is 1.41. The van der Waals surface area contributed by atoms with Gasteiger partial charge in [0.1, 0.15) is 5.76 Å². The quantitative estimate of drug-likeness (QED) is 0.685. The normalized spacial score (nSPS) is 15.1. The smallest absolute Gasteiger partial charge is 0.321 e. The molecule has 1 aliphatic heterocycles. The van der Waals surface area contributed by atoms with E-state index < -0.39 is 0 Å². The molecule has 0 spiro atoms. The van der Waals surface area contributed by atoms with Gasteiger partial charge in [0.15, 0.2) is 0 Å². The number of aryl methyl sites for hydroxylation is 2. The number of rotatable bonds is 4. The fourth-order valence-corrected chi connectivity index (χ4v) is 3.94. The number of para-hydroxylation sites is 1. The van der Waals surface area contributed by atoms with E-state index in [-0.39, 0.29) is 6.03 Å². The Morgan fingerprint density at radius 2 is 1.77 bits per heavy atom. The molecule has 2 amide bonds. The summed E-state index contributed by atoms with van der Waals surface area (Å²) in [4.78, 5) is 17.3. The maximum absolute atomic E-state index is 13.0. The molecule has 6 heteroatoms. The number of nitrogens with zero attached hydrogens (tertiary/aromatic N) is 3. The Morgan fingerprint density at radius 1 is 1.00 bits per heavy atom. The van der Waals surface area contributed by atoms with Crippen molar-refractivity contribution >= 4 is 11.7 Å². The third-order valence-electron chi connectivity index (χ3n) is 5.69. The summed E-state index contributed by atoms with van der Waals surface area (Å²) in [5.74, 6) is 0.879. The molecule has 30 heavy (non-hydrogen) atoms. The van der Waals surface area contributed by atoms with Crippen molar-refractivity contribution < 1.29 is 9.32 Å². The zero-order valence-corrected chi connectivity index (χ0v) is 17.6. The first-order valence-electron chi connectivity index (χ1n) is 10.5. The van der Waals surface area contributed by atoms with Crippen LogP contribution in [-0.4, -0.2) is 47.2 Å². The number of nitrogens with one attached hydrogen (secondary N) is 1. The van der Waals surface area contributed by atoms with Crippen LogP contribution in [0.1, 0.15) is 23.4 Å². The lowest BCUT2D eigenvalue weighted by atomic mass is 10.0. The van der Waals surface area contributed by atoms with Crippen molar-refractivity contribution in [2.75, 3.05) is 31.5 Å². The SMILES string of the molecule is Cc1noc(C)c1CN1CCCN(C(=O)Nc2ccccc2-c2ccccc2)CC1. The molecule has 6 nitrogen and oxygen atoms in total. The molecule has 0 saturated carbocycles. The summed E-state index contributed by atoms with van der Waals surface area (Å²) in [5.41, 5.74) is 5.07. The summed E-state index contributed by atoms with van der Waals surface area (Å²) in [5, 5.41) is 7.18. The number of carbonyl (C=O) groups is 1. The maximum Gasteiger partial charge on any atom is 0.321 e. The van der Waals surface area contributed by atoms with Gasteiger partial charge < -0.3 is 14.7 Å². The molecule has 2 aromatic carbocycles. The van der Waals surface area contributed by atoms with Crippen LogP contribution in [0.2, 0.25) is 0 Å². The van der Waals surface area contributed by atoms with E-state index >= 15 is 0 Å². The second kappa shape index (κ2) is 9.13. The van der Waals surface area contributed by atoms with Crippen molar-refractivity contribution in [2.45, 2.75) is 26.8 Å². The third kappa shape index (κ3) is 4.54. The average molecular weight is 405 g/mol. The second-order valence-corrected chi connectivity index (χ2v) is 7.76. The van der Waals surface area contributed by atoms with Crippen LogP contribution in [0.25, 0.3) is 11.1 Å². The molecule has 2 heterocycles. The number of anilines is 1. The minimum Gasteiger partial charge on any atom is -0.361 e. The minimum absolute atomic E-state index is 0.0439. The number of urea groups is 1. The van der Waals surface area contributed by atoms with Crippen LogP contribution in [0.4, 0.5) is 10.5 Å². The van der Waals surface area contributed by atoms with Crippen molar-refractivity contribution in [1.82, 2.24) is 15.0 Å². The highest BCUT2D eigenvalue weighted by atomic mass is 16.5. The average Bonchev–Trinajstić information content (AvgIpc) is 2.96. The number of aromatic nitrogens is 1. The molecule has 156 valence electrons. The Kier molecular flexibility index (Phi) is 6.14. The van der Waals surface area contributed by atoms with Gasteiger partial charge in [-0.15, -0.1) is 0 Å². The third-order valence-corrected chi connectivity index (χ3v) is 5.69. The summed E-state index contributed by atoms with van der Waals surface area (Å²) in [6.45, 7) is 7.98. The van der Waals surface area contributed by atoms with Crippen LogP contribution >= 0.6 is 0 Å². The van der Waals surface area contributed by atoms with Gasteiger partial charge in [0.25, 0.3) is 0 Å². The molecule has 1 aromatic heterocycles. The van der Waals surface area contributed by atoms with E-state index in [4.69, 9.17) is 4.52 Å². The molecule has 1 fully saturated rings. The molecule has 0 radical (unpaired) electrons. The fourth-order valence-electron chi connectivity index (χ4n) is 3.94. The van der Waals surface area contributed by atoms with Crippen molar-refractivity contribution in [3.8, 4) is 11.1 Å². The molecule has 1 aliphatic rings. The van der Waals surface area contributed by atoms with Crippen LogP contribution < -0.4 is 5.32 Å². The lowest BCUT2D eigenvalue weighted by Gasteiger charge is -2.23. The number of hydrogen-bond donors (Lipinski definition) is 1. The molecule has 0 unspecified atom stereocenters. The molecule has 0 bridgehead atoms. The van der Waals surface area contributed by atoms with E-state index in [2.05, 4.69) is 27.5 Å². The highest BCUT2D eigenvalue weighted by molar-refractivity contribution is 5.94. The lowest BCUT2D eigenvalue weighted by Crippen LogP contribution is -2.38. The highest BCUT2D eigenvalue weighted by Crippen LogP contribution is 2.28. The van der Waals surface area contributed by atoms with Crippen LogP contribution in [0.15, 0.2) is 59.1 Å². The molecule has 0 atom stereocenters. The predicted octanol–water partition coefficient (Wildman–Crippen LogP) is 4.70. The number of carbonyl (C=O) groups excluding carboxylic acids is 1. The molecule has 3 aromatic rings. The molecule has 0 aliphatic carbocycles. The first-order chi connectivity index (χ1) is 14.6. The van der Waals surface area contributed by atoms with Gasteiger partial charge in [-0.2, -0.15) is 0 Å². The van der Waals surface area contributed by atoms with E-state index in [1.54, 1.807) is 0 Å². The van der Waals surface area contributed by atoms with Gasteiger partial charge >= 0.3 is 6.03 Å². The van der Waals surface area contributed by atoms with Crippen LogP contribution in [-0.2, 0) is 6.54 Å². The Hall–Kier alpha value is -3.12. The van der Waals surface area contributed by atoms with E-state index in [1.807, 2.05) is 61.2 Å². The van der Waals surface area contributed by atoms with Crippen molar-refractivity contribution in [1.29, 1.82) is 0 Å². The molecule has 4 rings (SSSR count). The summed E-state index contributed by atoms with van der Waals surface area (Å²) in [6.07, 6.45) is 0.942. The summed E-state index contributed by atoms with van der Waals surface area (Å²) >= 11 is 0. The highest BCUT2D eigenvalue weighted by Gasteiger charge is 2.21. The predicted molar refractivity (Wildman–Crippen MR) is 118 cm³/mol. The van der Waals surface area contributed by atoms with E-state index in [9.17, 15) is 4.79 Å². The fraction of sp³-hybridized carbons (Fsp3) is 0.333. The number of amides is 2. The number of hydrogen-bond acceptors (Lipinski definition) is 4. The first-order valence-corrected chi connectivity index (χ1v) is 10.5. The van der Waals surface area contributed by atoms with Gasteiger partial charge in [-0.3, -0.25) is 4.90 Å². The van der Waals surface area contributed by atoms with E-state index in [0.717, 1.165) is 66.4 Å². The van der Waals surface area contributed by atoms with Crippen molar-refractivity contribution in [3.63, 3.8) is 0 Å². The van der Waals surface area contributed by atoms with E-state index in [1.165, 1.54) is 0 Å². The van der Waals surface area contributed by atoms with Gasteiger partial charge in [0.05, 0.1) is 11.4 Å². The van der Waals surface area contributed by atoms with Gasteiger partial charge in [-0.1, -0.05) is 53.7 Å². The lowest BCUT2D eigenvalue weighted by molar-refractivity contribution is 0.211. The van der Waals surface area contributed by atoms with Crippen LogP contribution in [0.3, 0.4) is 0 Å². The zero-order valence-electron chi connectivity index (χ0n) is 17.6. The topological polar surface area (TPSA) is 61.6 Å². The Bertz CT molecular complexity index is 980. The van der Waals surface area contributed by atoms with Crippen molar-refractivity contribution in [2.24, 2.45) is 0 Å². The summed E-state index contributed by atoms with van der Waals surface area (Å²) in [6, 6.07) is 18.0. The van der Waals surface area contributed by atoms with Crippen molar-refractivity contribution in [3.05, 3.63) is 71.6 Å². The maximum atomic E-state index is 13.0. The second-order valence-electron chi connectivity index (χ2n) is 7.76. The van der Waals surface area contributed by atoms with Crippen LogP contribution in [0.5, 0.6) is 0 Å².